The van der Waals surface area contributed by atoms with E-state index in [1.807, 2.05) is 13.8 Å². The van der Waals surface area contributed by atoms with Gasteiger partial charge in [0.2, 0.25) is 0 Å². The van der Waals surface area contributed by atoms with E-state index in [9.17, 15) is 9.59 Å². The summed E-state index contributed by atoms with van der Waals surface area (Å²) >= 11 is 0. The van der Waals surface area contributed by atoms with Crippen LogP contribution in [0.3, 0.4) is 0 Å². The molecule has 0 saturated carbocycles. The number of rotatable bonds is 3. The molecule has 2 heterocycles. The summed E-state index contributed by atoms with van der Waals surface area (Å²) in [6.07, 6.45) is 1.39. The topological polar surface area (TPSA) is 81.9 Å². The van der Waals surface area contributed by atoms with Crippen molar-refractivity contribution in [2.75, 3.05) is 7.11 Å². The summed E-state index contributed by atoms with van der Waals surface area (Å²) in [6, 6.07) is 0. The van der Waals surface area contributed by atoms with E-state index in [2.05, 4.69) is 9.97 Å². The van der Waals surface area contributed by atoms with Gasteiger partial charge < -0.3 is 9.82 Å². The van der Waals surface area contributed by atoms with Crippen LogP contribution in [0.1, 0.15) is 13.8 Å². The molecular formula is C10H14N4O3. The Hall–Kier alpha value is -2.05. The van der Waals surface area contributed by atoms with Crippen molar-refractivity contribution in [1.82, 2.24) is 19.3 Å². The molecule has 0 saturated heterocycles. The van der Waals surface area contributed by atoms with E-state index in [0.717, 1.165) is 4.73 Å². The summed E-state index contributed by atoms with van der Waals surface area (Å²) < 4.78 is 2.16. The fraction of sp³-hybridized carbons (Fsp3) is 0.500. The lowest BCUT2D eigenvalue weighted by atomic mass is 10.2. The zero-order valence-corrected chi connectivity index (χ0v) is 9.93. The van der Waals surface area contributed by atoms with E-state index >= 15 is 0 Å². The average molecular weight is 238 g/mol. The summed E-state index contributed by atoms with van der Waals surface area (Å²) in [4.78, 5) is 35.4. The van der Waals surface area contributed by atoms with E-state index in [0.29, 0.717) is 12.2 Å². The molecule has 2 aromatic rings. The SMILES string of the molecule is COn1c(=O)c2[nH]cnc2n(CC(C)C)c1=O. The van der Waals surface area contributed by atoms with Gasteiger partial charge in [-0.1, -0.05) is 18.6 Å². The van der Waals surface area contributed by atoms with E-state index in [-0.39, 0.29) is 11.4 Å². The third-order valence-corrected chi connectivity index (χ3v) is 2.41. The minimum absolute atomic E-state index is 0.260. The zero-order chi connectivity index (χ0) is 12.6. The maximum atomic E-state index is 12.0. The molecule has 0 radical (unpaired) electrons. The van der Waals surface area contributed by atoms with Crippen molar-refractivity contribution in [2.45, 2.75) is 20.4 Å². The van der Waals surface area contributed by atoms with Crippen molar-refractivity contribution in [3.8, 4) is 0 Å². The van der Waals surface area contributed by atoms with Gasteiger partial charge in [0.1, 0.15) is 7.11 Å². The number of nitrogens with one attached hydrogen (secondary N) is 1. The van der Waals surface area contributed by atoms with Gasteiger partial charge in [-0.25, -0.2) is 9.78 Å². The summed E-state index contributed by atoms with van der Waals surface area (Å²) in [5, 5.41) is 0. The van der Waals surface area contributed by atoms with Crippen molar-refractivity contribution in [2.24, 2.45) is 5.92 Å². The smallest absolute Gasteiger partial charge is 0.366 e. The molecule has 0 aliphatic carbocycles. The normalized spacial score (nSPS) is 11.3. The molecule has 0 amide bonds. The van der Waals surface area contributed by atoms with E-state index < -0.39 is 11.2 Å². The first kappa shape index (κ1) is 11.4. The molecule has 0 aromatic carbocycles. The number of nitrogens with zero attached hydrogens (tertiary/aromatic N) is 3. The van der Waals surface area contributed by atoms with Crippen molar-refractivity contribution < 1.29 is 4.84 Å². The minimum Gasteiger partial charge on any atom is -0.409 e. The van der Waals surface area contributed by atoms with Gasteiger partial charge in [0.25, 0.3) is 0 Å². The standard InChI is InChI=1S/C10H14N4O3/c1-6(2)4-13-8-7(11-5-12-8)9(15)14(17-3)10(13)16/h5-6H,4H2,1-3H3,(H,11,12). The molecule has 92 valence electrons. The van der Waals surface area contributed by atoms with Crippen LogP contribution in [0.15, 0.2) is 15.9 Å². The van der Waals surface area contributed by atoms with Crippen molar-refractivity contribution >= 4 is 11.2 Å². The minimum atomic E-state index is -0.523. The Morgan fingerprint density at radius 1 is 1.47 bits per heavy atom. The Balaban J connectivity index is 2.85. The number of aromatic nitrogens is 4. The zero-order valence-electron chi connectivity index (χ0n) is 9.93. The Morgan fingerprint density at radius 2 is 2.18 bits per heavy atom. The van der Waals surface area contributed by atoms with Gasteiger partial charge in [-0.2, -0.15) is 0 Å². The number of H-pyrrole nitrogens is 1. The third-order valence-electron chi connectivity index (χ3n) is 2.41. The summed E-state index contributed by atoms with van der Waals surface area (Å²) in [5.74, 6) is 0.260. The van der Waals surface area contributed by atoms with Crippen molar-refractivity contribution in [3.63, 3.8) is 0 Å². The Bertz CT molecular complexity index is 650. The third kappa shape index (κ3) is 1.73. The summed E-state index contributed by atoms with van der Waals surface area (Å²) in [6.45, 7) is 4.43. The molecule has 0 aliphatic heterocycles. The predicted octanol–water partition coefficient (Wildman–Crippen LogP) is -0.399. The van der Waals surface area contributed by atoms with E-state index in [1.165, 1.54) is 18.0 Å². The molecule has 0 aliphatic rings. The largest absolute Gasteiger partial charge is 0.409 e. The lowest BCUT2D eigenvalue weighted by Gasteiger charge is -2.11. The van der Waals surface area contributed by atoms with Crippen LogP contribution >= 0.6 is 0 Å². The molecule has 7 nitrogen and oxygen atoms in total. The number of hydrogen-bond acceptors (Lipinski definition) is 4. The highest BCUT2D eigenvalue weighted by Gasteiger charge is 2.15. The number of hydrogen-bond donors (Lipinski definition) is 1. The molecule has 2 rings (SSSR count). The van der Waals surface area contributed by atoms with Crippen molar-refractivity contribution in [1.29, 1.82) is 0 Å². The molecule has 0 bridgehead atoms. The molecule has 17 heavy (non-hydrogen) atoms. The van der Waals surface area contributed by atoms with Gasteiger partial charge in [-0.05, 0) is 5.92 Å². The molecule has 7 heteroatoms. The summed E-state index contributed by atoms with van der Waals surface area (Å²) in [7, 11) is 1.28. The number of aromatic amines is 1. The fourth-order valence-electron chi connectivity index (χ4n) is 1.73. The highest BCUT2D eigenvalue weighted by Crippen LogP contribution is 2.04. The van der Waals surface area contributed by atoms with Crippen LogP contribution in [0.4, 0.5) is 0 Å². The van der Waals surface area contributed by atoms with Gasteiger partial charge in [-0.3, -0.25) is 9.36 Å². The monoisotopic (exact) mass is 238 g/mol. The van der Waals surface area contributed by atoms with Gasteiger partial charge in [-0.15, -0.1) is 0 Å². The first-order valence-electron chi connectivity index (χ1n) is 5.29. The lowest BCUT2D eigenvalue weighted by Crippen LogP contribution is -2.43. The van der Waals surface area contributed by atoms with Crippen LogP contribution in [0.5, 0.6) is 0 Å². The predicted molar refractivity (Wildman–Crippen MR) is 62.0 cm³/mol. The number of imidazole rings is 1. The second kappa shape index (κ2) is 4.08. The molecule has 0 spiro atoms. The second-order valence-corrected chi connectivity index (χ2v) is 4.17. The Morgan fingerprint density at radius 3 is 2.76 bits per heavy atom. The van der Waals surface area contributed by atoms with Crippen molar-refractivity contribution in [3.05, 3.63) is 27.2 Å². The average Bonchev–Trinajstić information content (AvgIpc) is 2.73. The summed E-state index contributed by atoms with van der Waals surface area (Å²) in [5.41, 5.74) is -0.398. The van der Waals surface area contributed by atoms with Crippen LogP contribution in [-0.4, -0.2) is 26.4 Å². The first-order valence-corrected chi connectivity index (χ1v) is 5.29. The maximum absolute atomic E-state index is 12.0. The molecule has 1 N–H and O–H groups in total. The van der Waals surface area contributed by atoms with Gasteiger partial charge in [0.05, 0.1) is 6.33 Å². The van der Waals surface area contributed by atoms with Gasteiger partial charge >= 0.3 is 11.2 Å². The molecule has 0 fully saturated rings. The highest BCUT2D eigenvalue weighted by atomic mass is 16.7. The van der Waals surface area contributed by atoms with Crippen LogP contribution < -0.4 is 16.1 Å². The highest BCUT2D eigenvalue weighted by molar-refractivity contribution is 5.68. The van der Waals surface area contributed by atoms with Crippen LogP contribution in [0.2, 0.25) is 0 Å². The molecular weight excluding hydrogens is 224 g/mol. The molecule has 2 aromatic heterocycles. The lowest BCUT2D eigenvalue weighted by molar-refractivity contribution is 0.140. The first-order chi connectivity index (χ1) is 8.06. The second-order valence-electron chi connectivity index (χ2n) is 4.17. The number of fused-ring (bicyclic) bond motifs is 1. The van der Waals surface area contributed by atoms with E-state index in [1.54, 1.807) is 0 Å². The molecule has 0 atom stereocenters. The maximum Gasteiger partial charge on any atom is 0.366 e. The van der Waals surface area contributed by atoms with Gasteiger partial charge in [0, 0.05) is 6.54 Å². The quantitative estimate of drug-likeness (QED) is 0.788. The van der Waals surface area contributed by atoms with Crippen LogP contribution in [-0.2, 0) is 6.54 Å². The molecule has 0 unspecified atom stereocenters. The Kier molecular flexibility index (Phi) is 2.74. The van der Waals surface area contributed by atoms with Gasteiger partial charge in [0.15, 0.2) is 11.2 Å². The van der Waals surface area contributed by atoms with Crippen LogP contribution in [0.25, 0.3) is 11.2 Å². The van der Waals surface area contributed by atoms with Crippen LogP contribution in [0, 0.1) is 5.92 Å². The Labute approximate surface area is 96.6 Å². The van der Waals surface area contributed by atoms with E-state index in [4.69, 9.17) is 4.84 Å². The fourth-order valence-corrected chi connectivity index (χ4v) is 1.73.